The van der Waals surface area contributed by atoms with Gasteiger partial charge >= 0.3 is 5.91 Å². The SMILES string of the molecule is CC#N.OC[C@H]1OC(O)(N=C=S)[C@H](O)[C@@H](O)[C@@H]1O. The fraction of sp³-hybridized carbons (Fsp3) is 0.778. The smallest absolute Gasteiger partial charge is 0.305 e. The van der Waals surface area contributed by atoms with Gasteiger partial charge in [0.15, 0.2) is 6.10 Å². The molecule has 0 bridgehead atoms. The molecule has 1 fully saturated rings. The molecular formula is C9H14N2O6S. The molecule has 9 heteroatoms. The Bertz CT molecular complexity index is 353. The Balaban J connectivity index is 0.000000873. The van der Waals surface area contributed by atoms with Crippen LogP contribution in [0.3, 0.4) is 0 Å². The molecule has 0 spiro atoms. The van der Waals surface area contributed by atoms with Gasteiger partial charge in [-0.1, -0.05) is 0 Å². The molecule has 0 aromatic carbocycles. The Labute approximate surface area is 108 Å². The van der Waals surface area contributed by atoms with E-state index in [-0.39, 0.29) is 0 Å². The lowest BCUT2D eigenvalue weighted by Gasteiger charge is -2.42. The van der Waals surface area contributed by atoms with Crippen molar-refractivity contribution in [2.24, 2.45) is 4.99 Å². The van der Waals surface area contributed by atoms with E-state index in [9.17, 15) is 20.4 Å². The lowest BCUT2D eigenvalue weighted by Crippen LogP contribution is -2.64. The molecule has 5 N–H and O–H groups in total. The van der Waals surface area contributed by atoms with Gasteiger partial charge in [0.25, 0.3) is 0 Å². The van der Waals surface area contributed by atoms with Crippen LogP contribution in [0.4, 0.5) is 0 Å². The standard InChI is InChI=1S/C7H11NO6S.C2H3N/c9-1-3-4(10)5(11)6(12)7(13,14-3)8-2-15;1-2-3/h3-6,9-13H,1H2;1H3/t3-,4-,5+,6-,7?;/m1./s1. The summed E-state index contributed by atoms with van der Waals surface area (Å²) in [5.41, 5.74) is 0. The summed E-state index contributed by atoms with van der Waals surface area (Å²) >= 11 is 4.23. The van der Waals surface area contributed by atoms with Crippen LogP contribution in [-0.4, -0.2) is 67.6 Å². The van der Waals surface area contributed by atoms with Crippen molar-refractivity contribution in [2.45, 2.75) is 37.3 Å². The van der Waals surface area contributed by atoms with Crippen LogP contribution in [0.15, 0.2) is 4.99 Å². The van der Waals surface area contributed by atoms with Gasteiger partial charge in [0.1, 0.15) is 18.3 Å². The molecule has 0 amide bonds. The molecule has 0 saturated carbocycles. The Kier molecular flexibility index (Phi) is 7.08. The van der Waals surface area contributed by atoms with Crippen molar-refractivity contribution < 1.29 is 30.3 Å². The summed E-state index contributed by atoms with van der Waals surface area (Å²) in [4.78, 5) is 3.15. The minimum absolute atomic E-state index is 0.653. The van der Waals surface area contributed by atoms with Gasteiger partial charge in [0.2, 0.25) is 0 Å². The van der Waals surface area contributed by atoms with Gasteiger partial charge in [-0.2, -0.15) is 10.3 Å². The van der Waals surface area contributed by atoms with Crippen LogP contribution in [0.2, 0.25) is 0 Å². The number of hydrogen-bond donors (Lipinski definition) is 5. The number of thiocarbonyl (C=S) groups is 1. The average molecular weight is 278 g/mol. The summed E-state index contributed by atoms with van der Waals surface area (Å²) in [7, 11) is 0. The summed E-state index contributed by atoms with van der Waals surface area (Å²) in [6.07, 6.45) is -6.36. The van der Waals surface area contributed by atoms with Crippen molar-refractivity contribution in [2.75, 3.05) is 6.61 Å². The molecule has 1 saturated heterocycles. The highest BCUT2D eigenvalue weighted by Gasteiger charge is 2.53. The van der Waals surface area contributed by atoms with Gasteiger partial charge in [0.05, 0.1) is 17.8 Å². The number of nitriles is 1. The van der Waals surface area contributed by atoms with E-state index >= 15 is 0 Å². The third-order valence-corrected chi connectivity index (χ3v) is 2.24. The summed E-state index contributed by atoms with van der Waals surface area (Å²) in [5, 5.41) is 55.5. The predicted molar refractivity (Wildman–Crippen MR) is 61.2 cm³/mol. The van der Waals surface area contributed by atoms with E-state index in [0.717, 1.165) is 0 Å². The Morgan fingerprint density at radius 2 is 1.89 bits per heavy atom. The molecule has 5 atom stereocenters. The molecule has 1 aliphatic rings. The van der Waals surface area contributed by atoms with Crippen LogP contribution in [0.1, 0.15) is 6.92 Å². The van der Waals surface area contributed by atoms with Crippen LogP contribution in [-0.2, 0) is 4.74 Å². The molecular weight excluding hydrogens is 264 g/mol. The zero-order chi connectivity index (χ0) is 14.3. The van der Waals surface area contributed by atoms with E-state index in [2.05, 4.69) is 17.2 Å². The van der Waals surface area contributed by atoms with E-state index in [0.29, 0.717) is 0 Å². The van der Waals surface area contributed by atoms with Gasteiger partial charge in [0, 0.05) is 6.92 Å². The number of aliphatic hydroxyl groups excluding tert-OH is 4. The lowest BCUT2D eigenvalue weighted by atomic mass is 9.97. The van der Waals surface area contributed by atoms with Crippen molar-refractivity contribution in [3.8, 4) is 6.07 Å². The predicted octanol–water partition coefficient (Wildman–Crippen LogP) is -2.26. The Hall–Kier alpha value is -0.950. The molecule has 0 radical (unpaired) electrons. The van der Waals surface area contributed by atoms with Crippen molar-refractivity contribution in [3.63, 3.8) is 0 Å². The number of aliphatic hydroxyl groups is 5. The van der Waals surface area contributed by atoms with Gasteiger partial charge in [-0.05, 0) is 12.2 Å². The molecule has 1 aliphatic heterocycles. The van der Waals surface area contributed by atoms with E-state index in [1.807, 2.05) is 0 Å². The molecule has 8 nitrogen and oxygen atoms in total. The molecule has 1 rings (SSSR count). The highest BCUT2D eigenvalue weighted by Crippen LogP contribution is 2.28. The van der Waals surface area contributed by atoms with Crippen LogP contribution < -0.4 is 0 Å². The van der Waals surface area contributed by atoms with Gasteiger partial charge in [-0.15, -0.1) is 0 Å². The number of nitrogens with zero attached hydrogens (tertiary/aromatic N) is 2. The molecule has 0 aromatic heterocycles. The first-order valence-electron chi connectivity index (χ1n) is 4.83. The van der Waals surface area contributed by atoms with Crippen LogP contribution >= 0.6 is 12.2 Å². The summed E-state index contributed by atoms with van der Waals surface area (Å²) in [5.74, 6) is -2.49. The maximum atomic E-state index is 9.58. The van der Waals surface area contributed by atoms with E-state index in [1.54, 1.807) is 11.2 Å². The molecule has 102 valence electrons. The first-order chi connectivity index (χ1) is 8.37. The van der Waals surface area contributed by atoms with Gasteiger partial charge in [-0.25, -0.2) is 0 Å². The number of ether oxygens (including phenoxy) is 1. The lowest BCUT2D eigenvalue weighted by molar-refractivity contribution is -0.345. The molecule has 1 heterocycles. The van der Waals surface area contributed by atoms with E-state index < -0.39 is 36.9 Å². The van der Waals surface area contributed by atoms with Crippen molar-refractivity contribution >= 4 is 17.4 Å². The second-order valence-electron chi connectivity index (χ2n) is 3.35. The third-order valence-electron chi connectivity index (χ3n) is 2.15. The highest BCUT2D eigenvalue weighted by atomic mass is 32.1. The first kappa shape index (κ1) is 17.1. The number of rotatable bonds is 2. The van der Waals surface area contributed by atoms with Crippen molar-refractivity contribution in [3.05, 3.63) is 0 Å². The average Bonchev–Trinajstić information content (AvgIpc) is 2.33. The summed E-state index contributed by atoms with van der Waals surface area (Å²) in [6, 6.07) is 1.75. The normalized spacial score (nSPS) is 38.7. The number of isothiocyanates is 1. The van der Waals surface area contributed by atoms with Crippen molar-refractivity contribution in [1.29, 1.82) is 5.26 Å². The van der Waals surface area contributed by atoms with Crippen LogP contribution in [0.25, 0.3) is 0 Å². The third kappa shape index (κ3) is 3.78. The summed E-state index contributed by atoms with van der Waals surface area (Å²) in [6.45, 7) is 0.778. The zero-order valence-corrected chi connectivity index (χ0v) is 10.3. The fourth-order valence-corrected chi connectivity index (χ4v) is 1.43. The Morgan fingerprint density at radius 1 is 1.39 bits per heavy atom. The largest absolute Gasteiger partial charge is 0.394 e. The van der Waals surface area contributed by atoms with E-state index in [4.69, 9.17) is 15.1 Å². The summed E-state index contributed by atoms with van der Waals surface area (Å²) < 4.78 is 4.71. The monoisotopic (exact) mass is 278 g/mol. The zero-order valence-electron chi connectivity index (χ0n) is 9.46. The maximum absolute atomic E-state index is 9.58. The van der Waals surface area contributed by atoms with E-state index in [1.165, 1.54) is 6.92 Å². The number of hydrogen-bond acceptors (Lipinski definition) is 9. The molecule has 1 unspecified atom stereocenters. The minimum atomic E-state index is -2.49. The second kappa shape index (κ2) is 7.48. The van der Waals surface area contributed by atoms with Gasteiger partial charge < -0.3 is 30.3 Å². The van der Waals surface area contributed by atoms with Crippen LogP contribution in [0, 0.1) is 11.3 Å². The highest BCUT2D eigenvalue weighted by molar-refractivity contribution is 7.78. The Morgan fingerprint density at radius 3 is 2.28 bits per heavy atom. The topological polar surface area (TPSA) is 147 Å². The quantitative estimate of drug-likeness (QED) is 0.281. The second-order valence-corrected chi connectivity index (χ2v) is 3.53. The van der Waals surface area contributed by atoms with Crippen LogP contribution in [0.5, 0.6) is 0 Å². The number of aliphatic imine (C=N–C) groups is 1. The van der Waals surface area contributed by atoms with Gasteiger partial charge in [-0.3, -0.25) is 0 Å². The maximum Gasteiger partial charge on any atom is 0.305 e. The fourth-order valence-electron chi connectivity index (χ4n) is 1.29. The molecule has 0 aromatic rings. The van der Waals surface area contributed by atoms with Crippen molar-refractivity contribution in [1.82, 2.24) is 0 Å². The first-order valence-corrected chi connectivity index (χ1v) is 5.23. The molecule has 18 heavy (non-hydrogen) atoms. The minimum Gasteiger partial charge on any atom is -0.394 e. The molecule has 0 aliphatic carbocycles.